The van der Waals surface area contributed by atoms with Gasteiger partial charge in [0.15, 0.2) is 0 Å². The second-order valence-corrected chi connectivity index (χ2v) is 7.47. The minimum atomic E-state index is -1.93. The molecule has 1 aromatic carbocycles. The van der Waals surface area contributed by atoms with E-state index in [0.29, 0.717) is 29.8 Å². The van der Waals surface area contributed by atoms with E-state index in [4.69, 9.17) is 5.73 Å². The molecule has 0 aliphatic carbocycles. The molecule has 0 unspecified atom stereocenters. The molecule has 3 heterocycles. The van der Waals surface area contributed by atoms with Crippen LogP contribution < -0.4 is 16.3 Å². The zero-order chi connectivity index (χ0) is 23.5. The lowest BCUT2D eigenvalue weighted by Crippen LogP contribution is -2.30. The average molecular weight is 450 g/mol. The largest absolute Gasteiger partial charge is 0.351 e. The lowest BCUT2D eigenvalue weighted by atomic mass is 10.0. The van der Waals surface area contributed by atoms with Crippen LogP contribution in [0.5, 0.6) is 0 Å². The monoisotopic (exact) mass is 450 g/mol. The molecule has 1 amide bonds. The molecule has 3 aromatic rings. The molecule has 33 heavy (non-hydrogen) atoms. The summed E-state index contributed by atoms with van der Waals surface area (Å²) in [6, 6.07) is 12.3. The second-order valence-electron chi connectivity index (χ2n) is 7.47. The maximum absolute atomic E-state index is 12.9. The van der Waals surface area contributed by atoms with E-state index in [2.05, 4.69) is 22.0 Å². The van der Waals surface area contributed by atoms with Gasteiger partial charge in [0.1, 0.15) is 12.1 Å². The molecule has 4 rings (SSSR count). The Hall–Kier alpha value is -4.10. The van der Waals surface area contributed by atoms with Crippen LogP contribution in [0.3, 0.4) is 0 Å². The number of aromatic nitrogens is 4. The molecule has 0 saturated heterocycles. The highest BCUT2D eigenvalue weighted by molar-refractivity contribution is 5.99. The average Bonchev–Trinajstić information content (AvgIpc) is 3.16. The molecule has 1 aliphatic rings. The quantitative estimate of drug-likeness (QED) is 0.614. The van der Waals surface area contributed by atoms with E-state index in [1.54, 1.807) is 13.0 Å². The van der Waals surface area contributed by atoms with E-state index in [0.717, 1.165) is 15.9 Å². The summed E-state index contributed by atoms with van der Waals surface area (Å²) in [5.41, 5.74) is 7.34. The Morgan fingerprint density at radius 1 is 1.21 bits per heavy atom. The third-order valence-electron chi connectivity index (χ3n) is 5.27. The first-order valence-corrected chi connectivity index (χ1v) is 10.2. The van der Waals surface area contributed by atoms with Crippen molar-refractivity contribution in [2.75, 3.05) is 11.4 Å². The summed E-state index contributed by atoms with van der Waals surface area (Å²) in [6.07, 6.45) is 1.85. The number of nitrogens with two attached hydrogens (primary N) is 1. The number of aryl methyl sites for hydroxylation is 2. The first-order valence-electron chi connectivity index (χ1n) is 10.2. The number of fused-ring (bicyclic) bond motifs is 1. The van der Waals surface area contributed by atoms with Crippen molar-refractivity contribution in [2.45, 2.75) is 26.3 Å². The minimum absolute atomic E-state index is 0.0721. The number of nitrogens with zero attached hydrogens (tertiary/aromatic N) is 5. The second kappa shape index (κ2) is 9.18. The summed E-state index contributed by atoms with van der Waals surface area (Å²) >= 11 is 0. The summed E-state index contributed by atoms with van der Waals surface area (Å²) < 4.78 is 27.8. The number of halogens is 2. The van der Waals surface area contributed by atoms with Crippen molar-refractivity contribution in [1.82, 2.24) is 19.3 Å². The summed E-state index contributed by atoms with van der Waals surface area (Å²) in [7, 11) is 0. The molecule has 168 valence electrons. The van der Waals surface area contributed by atoms with Gasteiger partial charge in [-0.25, -0.2) is 23.9 Å². The molecule has 0 bridgehead atoms. The molecular weight excluding hydrogens is 430 g/mol. The highest BCUT2D eigenvalue weighted by Gasteiger charge is 2.22. The van der Waals surface area contributed by atoms with Crippen LogP contribution in [0.4, 0.5) is 14.5 Å². The molecule has 2 N–H and O–H groups in total. The lowest BCUT2D eigenvalue weighted by molar-refractivity contribution is -0.118. The van der Waals surface area contributed by atoms with Crippen LogP contribution in [-0.2, 0) is 17.8 Å². The van der Waals surface area contributed by atoms with Gasteiger partial charge in [-0.15, -0.1) is 0 Å². The number of carbonyl (C=O) groups excluding carboxylic acids is 1. The Morgan fingerprint density at radius 3 is 2.73 bits per heavy atom. The summed E-state index contributed by atoms with van der Waals surface area (Å²) in [6.45, 7) is 0.958. The fourth-order valence-corrected chi connectivity index (χ4v) is 3.53. The number of rotatable bonds is 4. The number of anilines is 1. The normalized spacial score (nSPS) is 12.7. The number of carbonyl (C=O) groups is 1. The number of pyridine rings is 1. The van der Waals surface area contributed by atoms with Crippen molar-refractivity contribution < 1.29 is 13.6 Å². The van der Waals surface area contributed by atoms with Crippen LogP contribution in [-0.4, -0.2) is 31.8 Å². The van der Waals surface area contributed by atoms with Crippen LogP contribution in [0, 0.1) is 18.9 Å². The third kappa shape index (κ3) is 4.44. The smallest absolute Gasteiger partial charge is 0.327 e. The molecule has 1 aliphatic heterocycles. The third-order valence-corrected chi connectivity index (χ3v) is 5.27. The zero-order valence-corrected chi connectivity index (χ0v) is 17.8. The fraction of sp³-hybridized carbons (Fsp3) is 0.217. The highest BCUT2D eigenvalue weighted by Crippen LogP contribution is 2.26. The SMILES string of the molecule is Cc1cc(C#CN2C(=O)CCc3ccccc32)cnc1-n1cnn(CC(CN)=C(F)F)c1=O. The topological polar surface area (TPSA) is 99.0 Å². The molecule has 0 fully saturated rings. The summed E-state index contributed by atoms with van der Waals surface area (Å²) in [5.74, 6) is 3.18. The Bertz CT molecular complexity index is 1380. The van der Waals surface area contributed by atoms with Crippen LogP contribution in [0.25, 0.3) is 5.82 Å². The maximum atomic E-state index is 12.9. The van der Waals surface area contributed by atoms with Gasteiger partial charge in [0, 0.05) is 36.3 Å². The molecular formula is C23H20F2N6O2. The van der Waals surface area contributed by atoms with Gasteiger partial charge in [0.2, 0.25) is 5.91 Å². The van der Waals surface area contributed by atoms with Gasteiger partial charge in [0.05, 0.1) is 12.2 Å². The van der Waals surface area contributed by atoms with Crippen molar-refractivity contribution in [2.24, 2.45) is 5.73 Å². The predicted molar refractivity (Wildman–Crippen MR) is 118 cm³/mol. The number of hydrogen-bond acceptors (Lipinski definition) is 5. The van der Waals surface area contributed by atoms with E-state index in [1.807, 2.05) is 24.3 Å². The van der Waals surface area contributed by atoms with Gasteiger partial charge < -0.3 is 5.73 Å². The highest BCUT2D eigenvalue weighted by atomic mass is 19.3. The Morgan fingerprint density at radius 2 is 2.00 bits per heavy atom. The van der Waals surface area contributed by atoms with Crippen LogP contribution in [0.1, 0.15) is 23.1 Å². The molecule has 10 heteroatoms. The first kappa shape index (κ1) is 22.1. The first-order chi connectivity index (χ1) is 15.9. The standard InChI is InChI=1S/C23H20F2N6O2/c1-15-10-16(8-9-29-19-5-3-2-4-17(19)6-7-20(29)32)12-27-22(15)30-14-28-31(23(30)33)13-18(11-26)21(24)25/h2-5,10,12,14H,6-7,11,13,26H2,1H3. The van der Waals surface area contributed by atoms with Gasteiger partial charge >= 0.3 is 5.69 Å². The number of hydrogen-bond donors (Lipinski definition) is 1. The van der Waals surface area contributed by atoms with E-state index in [1.165, 1.54) is 22.0 Å². The van der Waals surface area contributed by atoms with E-state index in [9.17, 15) is 18.4 Å². The van der Waals surface area contributed by atoms with Gasteiger partial charge in [0.25, 0.3) is 6.08 Å². The van der Waals surface area contributed by atoms with Crippen molar-refractivity contribution >= 4 is 11.6 Å². The molecule has 0 atom stereocenters. The van der Waals surface area contributed by atoms with E-state index in [-0.39, 0.29) is 18.0 Å². The van der Waals surface area contributed by atoms with E-state index >= 15 is 0 Å². The Balaban J connectivity index is 1.61. The number of para-hydroxylation sites is 1. The van der Waals surface area contributed by atoms with Crippen LogP contribution in [0.2, 0.25) is 0 Å². The van der Waals surface area contributed by atoms with Gasteiger partial charge in [-0.2, -0.15) is 13.9 Å². The van der Waals surface area contributed by atoms with Crippen LogP contribution in [0.15, 0.2) is 59.3 Å². The van der Waals surface area contributed by atoms with Gasteiger partial charge in [-0.3, -0.25) is 4.79 Å². The van der Waals surface area contributed by atoms with Crippen molar-refractivity contribution in [3.63, 3.8) is 0 Å². The summed E-state index contributed by atoms with van der Waals surface area (Å²) in [5, 5.41) is 3.88. The molecule has 0 saturated carbocycles. The van der Waals surface area contributed by atoms with Gasteiger partial charge in [-0.1, -0.05) is 18.2 Å². The van der Waals surface area contributed by atoms with E-state index < -0.39 is 18.3 Å². The predicted octanol–water partition coefficient (Wildman–Crippen LogP) is 2.14. The minimum Gasteiger partial charge on any atom is -0.327 e. The van der Waals surface area contributed by atoms with Crippen LogP contribution >= 0.6 is 0 Å². The van der Waals surface area contributed by atoms with Crippen molar-refractivity contribution in [3.05, 3.63) is 81.7 Å². The molecule has 2 aromatic heterocycles. The Labute approximate surface area is 188 Å². The Kier molecular flexibility index (Phi) is 6.15. The number of benzene rings is 1. The maximum Gasteiger partial charge on any atom is 0.351 e. The molecule has 0 radical (unpaired) electrons. The van der Waals surface area contributed by atoms with Gasteiger partial charge in [-0.05, 0) is 42.5 Å². The molecule has 0 spiro atoms. The van der Waals surface area contributed by atoms with Crippen molar-refractivity contribution in [1.29, 1.82) is 0 Å². The van der Waals surface area contributed by atoms with Crippen molar-refractivity contribution in [3.8, 4) is 17.8 Å². The lowest BCUT2D eigenvalue weighted by Gasteiger charge is -2.23. The number of amides is 1. The zero-order valence-electron chi connectivity index (χ0n) is 17.8. The molecule has 8 nitrogen and oxygen atoms in total. The fourth-order valence-electron chi connectivity index (χ4n) is 3.53. The summed E-state index contributed by atoms with van der Waals surface area (Å²) in [4.78, 5) is 30.7.